The van der Waals surface area contributed by atoms with Crippen molar-refractivity contribution in [2.45, 2.75) is 50.2 Å². The number of hydrogen-bond donors (Lipinski definition) is 3. The molecule has 36 heavy (non-hydrogen) atoms. The number of methoxy groups -OCH3 is 1. The Balaban J connectivity index is 2.06. The van der Waals surface area contributed by atoms with Crippen molar-refractivity contribution in [3.63, 3.8) is 0 Å². The van der Waals surface area contributed by atoms with Crippen LogP contribution in [0.3, 0.4) is 0 Å². The smallest absolute Gasteiger partial charge is 0.417 e. The molecule has 3 N–H and O–H groups in total. The molecule has 198 valence electrons. The zero-order chi connectivity index (χ0) is 27.0. The minimum atomic E-state index is -4.94. The van der Waals surface area contributed by atoms with Gasteiger partial charge in [-0.05, 0) is 25.1 Å². The molecule has 13 heteroatoms. The molecule has 0 radical (unpaired) electrons. The maximum atomic E-state index is 14.2. The Hall–Kier alpha value is -2.90. The second-order valence-electron chi connectivity index (χ2n) is 8.50. The highest BCUT2D eigenvalue weighted by Crippen LogP contribution is 2.55. The number of rotatable bonds is 7. The topological polar surface area (TPSA) is 101 Å². The number of ether oxygens (including phenoxy) is 2. The van der Waals surface area contributed by atoms with Gasteiger partial charge in [-0.1, -0.05) is 13.0 Å². The standard InChI is InChI=1S/C23H24F6N2O5/c1-10-16(12-5-6-13(24)17(20(25)26)18(12)35-3)19(36-22(10,2)23(27,28)29)21(34)31-11-4-7-14(30-8-11)15(33)9-32/h4-8,10,15-16,19-20,32-33H,9H2,1-3H3,(H,31,34)/t10-,15-,16-,19+,22+/m0/s1. The lowest BCUT2D eigenvalue weighted by Crippen LogP contribution is -2.47. The predicted molar refractivity (Wildman–Crippen MR) is 114 cm³/mol. The first-order valence-electron chi connectivity index (χ1n) is 10.7. The van der Waals surface area contributed by atoms with Crippen molar-refractivity contribution in [3.8, 4) is 5.75 Å². The van der Waals surface area contributed by atoms with Crippen molar-refractivity contribution < 1.29 is 50.8 Å². The predicted octanol–water partition coefficient (Wildman–Crippen LogP) is 4.27. The summed E-state index contributed by atoms with van der Waals surface area (Å²) in [5.41, 5.74) is -4.11. The maximum Gasteiger partial charge on any atom is 0.417 e. The molecule has 1 aliphatic heterocycles. The van der Waals surface area contributed by atoms with Crippen LogP contribution in [0, 0.1) is 11.7 Å². The summed E-state index contributed by atoms with van der Waals surface area (Å²) in [6.45, 7) is 1.29. The molecular formula is C23H24F6N2O5. The van der Waals surface area contributed by atoms with E-state index in [1.54, 1.807) is 0 Å². The average Bonchev–Trinajstić information content (AvgIpc) is 3.10. The molecule has 0 unspecified atom stereocenters. The number of pyridine rings is 1. The Morgan fingerprint density at radius 3 is 2.44 bits per heavy atom. The molecule has 1 saturated heterocycles. The fourth-order valence-electron chi connectivity index (χ4n) is 4.29. The molecule has 1 aromatic carbocycles. The van der Waals surface area contributed by atoms with Gasteiger partial charge >= 0.3 is 6.18 Å². The van der Waals surface area contributed by atoms with Crippen molar-refractivity contribution >= 4 is 11.6 Å². The molecule has 0 spiro atoms. The zero-order valence-electron chi connectivity index (χ0n) is 19.3. The molecule has 7 nitrogen and oxygen atoms in total. The Morgan fingerprint density at radius 1 is 1.28 bits per heavy atom. The normalized spacial score (nSPS) is 25.2. The van der Waals surface area contributed by atoms with Crippen LogP contribution in [0.2, 0.25) is 0 Å². The van der Waals surface area contributed by atoms with Crippen LogP contribution in [0.1, 0.15) is 49.1 Å². The Kier molecular flexibility index (Phi) is 7.86. The van der Waals surface area contributed by atoms with E-state index in [-0.39, 0.29) is 16.9 Å². The Labute approximate surface area is 202 Å². The fraction of sp³-hybridized carbons (Fsp3) is 0.478. The SMILES string of the molecule is COc1c([C@H]2[C@H](C(=O)Nc3ccc([C@@H](O)CO)nc3)O[C@@](C)(C(F)(F)F)[C@H]2C)ccc(F)c1C(F)F. The molecule has 2 aromatic rings. The van der Waals surface area contributed by atoms with E-state index < -0.39 is 71.9 Å². The summed E-state index contributed by atoms with van der Waals surface area (Å²) in [4.78, 5) is 17.0. The summed E-state index contributed by atoms with van der Waals surface area (Å²) in [5, 5.41) is 21.0. The van der Waals surface area contributed by atoms with Gasteiger partial charge in [0.05, 0.1) is 36.9 Å². The highest BCUT2D eigenvalue weighted by atomic mass is 19.4. The van der Waals surface area contributed by atoms with E-state index in [1.165, 1.54) is 12.1 Å². The van der Waals surface area contributed by atoms with Gasteiger partial charge in [0, 0.05) is 17.4 Å². The van der Waals surface area contributed by atoms with Crippen molar-refractivity contribution in [1.82, 2.24) is 4.98 Å². The molecule has 1 amide bonds. The third kappa shape index (κ3) is 4.87. The minimum Gasteiger partial charge on any atom is -0.496 e. The lowest BCUT2D eigenvalue weighted by atomic mass is 9.76. The minimum absolute atomic E-state index is 0.0313. The lowest BCUT2D eigenvalue weighted by Gasteiger charge is -2.32. The number of aliphatic hydroxyl groups is 2. The molecular weight excluding hydrogens is 498 g/mol. The number of hydrogen-bond acceptors (Lipinski definition) is 6. The summed E-state index contributed by atoms with van der Waals surface area (Å²) in [7, 11) is 0.969. The number of nitrogens with zero attached hydrogens (tertiary/aromatic N) is 1. The lowest BCUT2D eigenvalue weighted by molar-refractivity contribution is -0.272. The van der Waals surface area contributed by atoms with Crippen LogP contribution in [0.5, 0.6) is 5.75 Å². The van der Waals surface area contributed by atoms with E-state index >= 15 is 0 Å². The number of aromatic nitrogens is 1. The van der Waals surface area contributed by atoms with E-state index in [0.29, 0.717) is 6.07 Å². The van der Waals surface area contributed by atoms with Gasteiger partial charge in [-0.2, -0.15) is 13.2 Å². The van der Waals surface area contributed by atoms with Crippen LogP contribution in [0.4, 0.5) is 32.0 Å². The van der Waals surface area contributed by atoms with Gasteiger partial charge in [-0.3, -0.25) is 9.78 Å². The average molecular weight is 522 g/mol. The molecule has 1 fully saturated rings. The summed E-state index contributed by atoms with van der Waals surface area (Å²) in [6.07, 6.45) is -10.3. The second-order valence-corrected chi connectivity index (χ2v) is 8.50. The number of nitrogens with one attached hydrogen (secondary N) is 1. The number of alkyl halides is 5. The summed E-state index contributed by atoms with van der Waals surface area (Å²) >= 11 is 0. The van der Waals surface area contributed by atoms with E-state index in [2.05, 4.69) is 10.3 Å². The van der Waals surface area contributed by atoms with Gasteiger partial charge in [0.1, 0.15) is 23.8 Å². The Morgan fingerprint density at radius 2 is 1.94 bits per heavy atom. The van der Waals surface area contributed by atoms with Gasteiger partial charge in [-0.15, -0.1) is 0 Å². The number of carbonyl (C=O) groups is 1. The third-order valence-corrected chi connectivity index (χ3v) is 6.45. The second kappa shape index (κ2) is 10.2. The first-order chi connectivity index (χ1) is 16.8. The van der Waals surface area contributed by atoms with Crippen LogP contribution < -0.4 is 10.1 Å². The van der Waals surface area contributed by atoms with E-state index in [1.807, 2.05) is 0 Å². The van der Waals surface area contributed by atoms with E-state index in [9.17, 15) is 36.2 Å². The van der Waals surface area contributed by atoms with E-state index in [0.717, 1.165) is 33.2 Å². The number of carbonyl (C=O) groups excluding carboxylic acids is 1. The maximum absolute atomic E-state index is 14.2. The highest BCUT2D eigenvalue weighted by molar-refractivity contribution is 5.95. The number of aliphatic hydroxyl groups excluding tert-OH is 2. The van der Waals surface area contributed by atoms with Gasteiger partial charge in [0.2, 0.25) is 0 Å². The molecule has 0 aliphatic carbocycles. The first kappa shape index (κ1) is 27.7. The molecule has 0 saturated carbocycles. The number of anilines is 1. The summed E-state index contributed by atoms with van der Waals surface area (Å²) < 4.78 is 93.7. The molecule has 1 aromatic heterocycles. The number of halogens is 6. The van der Waals surface area contributed by atoms with Crippen LogP contribution in [0.15, 0.2) is 30.5 Å². The highest BCUT2D eigenvalue weighted by Gasteiger charge is 2.66. The molecule has 2 heterocycles. The van der Waals surface area contributed by atoms with Crippen molar-refractivity contribution in [3.05, 3.63) is 53.1 Å². The summed E-state index contributed by atoms with van der Waals surface area (Å²) in [5.74, 6) is -5.94. The largest absolute Gasteiger partial charge is 0.496 e. The van der Waals surface area contributed by atoms with Crippen LogP contribution in [-0.4, -0.2) is 52.7 Å². The number of benzene rings is 1. The van der Waals surface area contributed by atoms with Gasteiger partial charge < -0.3 is 25.0 Å². The van der Waals surface area contributed by atoms with Gasteiger partial charge in [0.25, 0.3) is 12.3 Å². The van der Waals surface area contributed by atoms with E-state index in [4.69, 9.17) is 14.6 Å². The zero-order valence-corrected chi connectivity index (χ0v) is 19.3. The third-order valence-electron chi connectivity index (χ3n) is 6.45. The van der Waals surface area contributed by atoms with Crippen molar-refractivity contribution in [2.75, 3.05) is 19.0 Å². The van der Waals surface area contributed by atoms with Crippen molar-refractivity contribution in [1.29, 1.82) is 0 Å². The quantitative estimate of drug-likeness (QED) is 0.470. The number of amides is 1. The van der Waals surface area contributed by atoms with Crippen molar-refractivity contribution in [2.24, 2.45) is 5.92 Å². The molecule has 0 bridgehead atoms. The van der Waals surface area contributed by atoms with Gasteiger partial charge in [0.15, 0.2) is 5.60 Å². The monoisotopic (exact) mass is 522 g/mol. The van der Waals surface area contributed by atoms with Crippen LogP contribution in [0.25, 0.3) is 0 Å². The van der Waals surface area contributed by atoms with Crippen LogP contribution in [-0.2, 0) is 9.53 Å². The van der Waals surface area contributed by atoms with Gasteiger partial charge in [-0.25, -0.2) is 13.2 Å². The summed E-state index contributed by atoms with van der Waals surface area (Å²) in [6, 6.07) is 4.26. The molecule has 3 rings (SSSR count). The van der Waals surface area contributed by atoms with Crippen LogP contribution >= 0.6 is 0 Å². The first-order valence-corrected chi connectivity index (χ1v) is 10.7. The molecule has 5 atom stereocenters. The Bertz CT molecular complexity index is 1100. The molecule has 1 aliphatic rings. The fourth-order valence-corrected chi connectivity index (χ4v) is 4.29.